The highest BCUT2D eigenvalue weighted by Gasteiger charge is 2.53. The summed E-state index contributed by atoms with van der Waals surface area (Å²) in [6.07, 6.45) is 16.3. The lowest BCUT2D eigenvalue weighted by molar-refractivity contribution is -0.0227. The largest absolute Gasteiger partial charge is 0.303 e. The van der Waals surface area contributed by atoms with Crippen LogP contribution in [-0.4, -0.2) is 24.5 Å². The first-order valence-corrected chi connectivity index (χ1v) is 7.90. The Bertz CT molecular complexity index is 419. The second-order valence-electron chi connectivity index (χ2n) is 6.97. The quantitative estimate of drug-likeness (QED) is 0.623. The van der Waals surface area contributed by atoms with Crippen molar-refractivity contribution in [2.24, 2.45) is 11.3 Å². The molecule has 1 saturated carbocycles. The minimum atomic E-state index is 0.597. The van der Waals surface area contributed by atoms with Gasteiger partial charge in [-0.3, -0.25) is 0 Å². The van der Waals surface area contributed by atoms with E-state index >= 15 is 0 Å². The van der Waals surface area contributed by atoms with Gasteiger partial charge in [0, 0.05) is 11.5 Å². The summed E-state index contributed by atoms with van der Waals surface area (Å²) in [4.78, 5) is 2.68. The Labute approximate surface area is 111 Å². The fourth-order valence-corrected chi connectivity index (χ4v) is 5.45. The van der Waals surface area contributed by atoms with E-state index in [0.29, 0.717) is 5.41 Å². The summed E-state index contributed by atoms with van der Waals surface area (Å²) >= 11 is 0. The van der Waals surface area contributed by atoms with Crippen LogP contribution in [0.1, 0.15) is 51.4 Å². The number of allylic oxidation sites excluding steroid dienone is 3. The molecule has 4 rings (SSSR count). The predicted octanol–water partition coefficient (Wildman–Crippen LogP) is 3.92. The first-order valence-electron chi connectivity index (χ1n) is 7.90. The number of hydrogen-bond donors (Lipinski definition) is 0. The van der Waals surface area contributed by atoms with Crippen LogP contribution in [0.2, 0.25) is 0 Å². The Balaban J connectivity index is 1.84. The monoisotopic (exact) mass is 243 g/mol. The molecule has 0 aromatic heterocycles. The average molecular weight is 243 g/mol. The summed E-state index contributed by atoms with van der Waals surface area (Å²) in [5, 5.41) is 0. The lowest BCUT2D eigenvalue weighted by atomic mass is 9.51. The SMILES string of the molecule is CN1CC[C@]23CCCC[C@H]2[C@H]1CC1=C3C=CCC1. The van der Waals surface area contributed by atoms with Crippen molar-refractivity contribution in [2.75, 3.05) is 13.6 Å². The van der Waals surface area contributed by atoms with Crippen molar-refractivity contribution in [2.45, 2.75) is 57.4 Å². The van der Waals surface area contributed by atoms with Crippen molar-refractivity contribution in [1.82, 2.24) is 4.90 Å². The van der Waals surface area contributed by atoms with E-state index < -0.39 is 0 Å². The van der Waals surface area contributed by atoms with Crippen LogP contribution in [0.15, 0.2) is 23.3 Å². The molecule has 0 radical (unpaired) electrons. The van der Waals surface area contributed by atoms with Gasteiger partial charge in [-0.1, -0.05) is 30.6 Å². The van der Waals surface area contributed by atoms with E-state index in [1.807, 2.05) is 11.1 Å². The summed E-state index contributed by atoms with van der Waals surface area (Å²) in [6, 6.07) is 0.865. The highest BCUT2D eigenvalue weighted by Crippen LogP contribution is 2.59. The molecule has 1 aliphatic heterocycles. The minimum absolute atomic E-state index is 0.597. The maximum absolute atomic E-state index is 2.68. The van der Waals surface area contributed by atoms with Gasteiger partial charge in [0.25, 0.3) is 0 Å². The third-order valence-corrected chi connectivity index (χ3v) is 6.31. The van der Waals surface area contributed by atoms with E-state index in [9.17, 15) is 0 Å². The van der Waals surface area contributed by atoms with Crippen LogP contribution in [0.25, 0.3) is 0 Å². The number of hydrogen-bond acceptors (Lipinski definition) is 1. The lowest BCUT2D eigenvalue weighted by Gasteiger charge is -2.59. The number of likely N-dealkylation sites (tertiary alicyclic amines) is 1. The predicted molar refractivity (Wildman–Crippen MR) is 75.4 cm³/mol. The molecule has 0 N–H and O–H groups in total. The molecule has 1 saturated heterocycles. The van der Waals surface area contributed by atoms with E-state index in [2.05, 4.69) is 24.1 Å². The Morgan fingerprint density at radius 3 is 3.17 bits per heavy atom. The average Bonchev–Trinajstić information content (AvgIpc) is 2.43. The third kappa shape index (κ3) is 1.37. The summed E-state index contributed by atoms with van der Waals surface area (Å²) in [7, 11) is 2.37. The maximum atomic E-state index is 2.68. The summed E-state index contributed by atoms with van der Waals surface area (Å²) in [5.74, 6) is 0.964. The van der Waals surface area contributed by atoms with Gasteiger partial charge >= 0.3 is 0 Å². The van der Waals surface area contributed by atoms with E-state index in [1.54, 1.807) is 0 Å². The molecular weight excluding hydrogens is 218 g/mol. The van der Waals surface area contributed by atoms with Crippen LogP contribution < -0.4 is 0 Å². The third-order valence-electron chi connectivity index (χ3n) is 6.31. The zero-order valence-corrected chi connectivity index (χ0v) is 11.6. The molecule has 0 unspecified atom stereocenters. The second-order valence-corrected chi connectivity index (χ2v) is 6.97. The standard InChI is InChI=1S/C17H25N/c1-18-11-10-17-9-5-4-8-15(17)16(18)12-13-6-2-3-7-14(13)17/h3,7,15-16H,2,4-6,8-12H2,1H3/t15-,16+,17-/m0/s1. The maximum Gasteiger partial charge on any atom is 0.0166 e. The number of nitrogens with zero attached hydrogens (tertiary/aromatic N) is 1. The Morgan fingerprint density at radius 2 is 2.22 bits per heavy atom. The van der Waals surface area contributed by atoms with Gasteiger partial charge in [0.05, 0.1) is 0 Å². The van der Waals surface area contributed by atoms with E-state index in [1.165, 1.54) is 57.9 Å². The molecule has 3 aliphatic carbocycles. The summed E-state index contributed by atoms with van der Waals surface area (Å²) in [6.45, 7) is 1.33. The lowest BCUT2D eigenvalue weighted by Crippen LogP contribution is -2.57. The van der Waals surface area contributed by atoms with Crippen molar-refractivity contribution >= 4 is 0 Å². The minimum Gasteiger partial charge on any atom is -0.303 e. The molecular formula is C17H25N. The number of rotatable bonds is 0. The molecule has 1 heteroatoms. The van der Waals surface area contributed by atoms with Gasteiger partial charge in [-0.25, -0.2) is 0 Å². The summed E-state index contributed by atoms with van der Waals surface area (Å²) in [5.41, 5.74) is 4.23. The topological polar surface area (TPSA) is 3.24 Å². The molecule has 2 fully saturated rings. The van der Waals surface area contributed by atoms with Crippen LogP contribution in [0.5, 0.6) is 0 Å². The Hall–Kier alpha value is -0.560. The molecule has 0 spiro atoms. The highest BCUT2D eigenvalue weighted by molar-refractivity contribution is 5.41. The molecule has 0 aromatic rings. The van der Waals surface area contributed by atoms with E-state index in [0.717, 1.165) is 12.0 Å². The van der Waals surface area contributed by atoms with Gasteiger partial charge in [0.2, 0.25) is 0 Å². The van der Waals surface area contributed by atoms with Crippen LogP contribution in [0.3, 0.4) is 0 Å². The molecule has 1 heterocycles. The van der Waals surface area contributed by atoms with Gasteiger partial charge in [0.15, 0.2) is 0 Å². The van der Waals surface area contributed by atoms with Crippen molar-refractivity contribution < 1.29 is 0 Å². The fourth-order valence-electron chi connectivity index (χ4n) is 5.45. The van der Waals surface area contributed by atoms with Crippen molar-refractivity contribution in [3.8, 4) is 0 Å². The van der Waals surface area contributed by atoms with Gasteiger partial charge in [-0.15, -0.1) is 0 Å². The molecule has 0 amide bonds. The molecule has 2 bridgehead atoms. The summed E-state index contributed by atoms with van der Waals surface area (Å²) < 4.78 is 0. The molecule has 0 aromatic carbocycles. The Kier molecular flexibility index (Phi) is 2.49. The van der Waals surface area contributed by atoms with Crippen LogP contribution in [-0.2, 0) is 0 Å². The molecule has 98 valence electrons. The molecule has 1 nitrogen and oxygen atoms in total. The van der Waals surface area contributed by atoms with Gasteiger partial charge in [-0.05, 0) is 63.6 Å². The smallest absolute Gasteiger partial charge is 0.0166 e. The van der Waals surface area contributed by atoms with E-state index in [4.69, 9.17) is 0 Å². The van der Waals surface area contributed by atoms with Crippen molar-refractivity contribution in [3.05, 3.63) is 23.3 Å². The van der Waals surface area contributed by atoms with Crippen LogP contribution >= 0.6 is 0 Å². The van der Waals surface area contributed by atoms with Crippen molar-refractivity contribution in [3.63, 3.8) is 0 Å². The van der Waals surface area contributed by atoms with Gasteiger partial charge < -0.3 is 4.90 Å². The normalized spacial score (nSPS) is 43.6. The van der Waals surface area contributed by atoms with Crippen LogP contribution in [0.4, 0.5) is 0 Å². The molecule has 3 atom stereocenters. The Morgan fingerprint density at radius 1 is 1.28 bits per heavy atom. The molecule has 18 heavy (non-hydrogen) atoms. The molecule has 4 aliphatic rings. The van der Waals surface area contributed by atoms with Crippen LogP contribution in [0, 0.1) is 11.3 Å². The first-order chi connectivity index (χ1) is 8.81. The van der Waals surface area contributed by atoms with Gasteiger partial charge in [-0.2, -0.15) is 0 Å². The highest BCUT2D eigenvalue weighted by atomic mass is 15.1. The number of piperidine rings is 1. The van der Waals surface area contributed by atoms with E-state index in [-0.39, 0.29) is 0 Å². The zero-order valence-electron chi connectivity index (χ0n) is 11.6. The second kappa shape index (κ2) is 3.96. The first kappa shape index (κ1) is 11.3. The zero-order chi connectivity index (χ0) is 12.2. The van der Waals surface area contributed by atoms with Gasteiger partial charge in [0.1, 0.15) is 0 Å². The van der Waals surface area contributed by atoms with Crippen molar-refractivity contribution in [1.29, 1.82) is 0 Å². The fraction of sp³-hybridized carbons (Fsp3) is 0.765.